The Morgan fingerprint density at radius 2 is 1.44 bits per heavy atom. The highest BCUT2D eigenvalue weighted by Crippen LogP contribution is 2.25. The summed E-state index contributed by atoms with van der Waals surface area (Å²) in [5.41, 5.74) is 6.77. The first-order valence-electron chi connectivity index (χ1n) is 8.01. The minimum absolute atomic E-state index is 0.962. The van der Waals surface area contributed by atoms with Crippen LogP contribution in [0.1, 0.15) is 22.3 Å². The molecule has 1 nitrogen and oxygen atoms in total. The van der Waals surface area contributed by atoms with Crippen LogP contribution in [0.5, 0.6) is 0 Å². The van der Waals surface area contributed by atoms with Crippen LogP contribution in [0.15, 0.2) is 71.6 Å². The molecule has 0 aliphatic heterocycles. The van der Waals surface area contributed by atoms with E-state index in [0.29, 0.717) is 0 Å². The van der Waals surface area contributed by atoms with Crippen LogP contribution in [0, 0.1) is 36.4 Å². The Kier molecular flexibility index (Phi) is 5.24. The van der Waals surface area contributed by atoms with Gasteiger partial charge < -0.3 is 0 Å². The third-order valence-corrected chi connectivity index (χ3v) is 4.57. The molecule has 0 saturated heterocycles. The standard InChI is InChI=1S/C23H17NS/c1-17-3-5-19(6-4-17)7-8-20-9-10-22(15-18(20)2)21-11-13-23(14-12-21)25-16-24/h3-6,9-15H,1-2H3. The Labute approximate surface area is 153 Å². The summed E-state index contributed by atoms with van der Waals surface area (Å²) < 4.78 is 0. The van der Waals surface area contributed by atoms with Crippen molar-refractivity contribution < 1.29 is 0 Å². The smallest absolute Gasteiger partial charge is 0.138 e. The van der Waals surface area contributed by atoms with E-state index in [1.165, 1.54) is 17.3 Å². The minimum Gasteiger partial charge on any atom is -0.185 e. The summed E-state index contributed by atoms with van der Waals surface area (Å²) in [5, 5.41) is 10.8. The molecule has 0 heterocycles. The van der Waals surface area contributed by atoms with Gasteiger partial charge in [-0.05, 0) is 72.6 Å². The molecule has 0 bridgehead atoms. The highest BCUT2D eigenvalue weighted by molar-refractivity contribution is 8.03. The van der Waals surface area contributed by atoms with Gasteiger partial charge in [0.2, 0.25) is 0 Å². The Morgan fingerprint density at radius 3 is 2.08 bits per heavy atom. The Morgan fingerprint density at radius 1 is 0.760 bits per heavy atom. The van der Waals surface area contributed by atoms with E-state index in [4.69, 9.17) is 5.26 Å². The van der Waals surface area contributed by atoms with Crippen LogP contribution < -0.4 is 0 Å². The molecule has 0 amide bonds. The Hall–Kier alpha value is -2.94. The minimum atomic E-state index is 0.962. The summed E-state index contributed by atoms with van der Waals surface area (Å²) in [7, 11) is 0. The largest absolute Gasteiger partial charge is 0.185 e. The highest BCUT2D eigenvalue weighted by Gasteiger charge is 2.02. The number of nitrogens with zero attached hydrogens (tertiary/aromatic N) is 1. The van der Waals surface area contributed by atoms with Gasteiger partial charge in [-0.15, -0.1) is 0 Å². The van der Waals surface area contributed by atoms with E-state index in [1.807, 2.05) is 36.4 Å². The molecule has 0 aromatic heterocycles. The summed E-state index contributed by atoms with van der Waals surface area (Å²) in [4.78, 5) is 0.962. The predicted molar refractivity (Wildman–Crippen MR) is 105 cm³/mol. The number of thiocyanates is 1. The number of nitriles is 1. The summed E-state index contributed by atoms with van der Waals surface area (Å²) in [6, 6.07) is 22.6. The molecule has 3 rings (SSSR count). The number of hydrogen-bond acceptors (Lipinski definition) is 2. The van der Waals surface area contributed by atoms with Crippen LogP contribution in [-0.4, -0.2) is 0 Å². The first kappa shape index (κ1) is 16.9. The zero-order valence-electron chi connectivity index (χ0n) is 14.2. The summed E-state index contributed by atoms with van der Waals surface area (Å²) in [6.07, 6.45) is 0. The molecular formula is C23H17NS. The second-order valence-corrected chi connectivity index (χ2v) is 6.72. The van der Waals surface area contributed by atoms with E-state index in [9.17, 15) is 0 Å². The van der Waals surface area contributed by atoms with Gasteiger partial charge in [0.25, 0.3) is 0 Å². The van der Waals surface area contributed by atoms with Gasteiger partial charge in [0.05, 0.1) is 0 Å². The molecule has 0 fully saturated rings. The summed E-state index contributed by atoms with van der Waals surface area (Å²) >= 11 is 1.18. The van der Waals surface area contributed by atoms with Gasteiger partial charge >= 0.3 is 0 Å². The average molecular weight is 339 g/mol. The number of thioether (sulfide) groups is 1. The lowest BCUT2D eigenvalue weighted by molar-refractivity contribution is 1.41. The van der Waals surface area contributed by atoms with E-state index in [-0.39, 0.29) is 0 Å². The van der Waals surface area contributed by atoms with Gasteiger partial charge in [-0.3, -0.25) is 0 Å². The molecule has 0 radical (unpaired) electrons. The molecule has 3 aromatic carbocycles. The van der Waals surface area contributed by atoms with Crippen molar-refractivity contribution in [3.8, 4) is 28.4 Å². The molecule has 0 atom stereocenters. The number of benzene rings is 3. The quantitative estimate of drug-likeness (QED) is 0.327. The molecule has 25 heavy (non-hydrogen) atoms. The molecular weight excluding hydrogens is 322 g/mol. The lowest BCUT2D eigenvalue weighted by Gasteiger charge is -2.05. The van der Waals surface area contributed by atoms with Gasteiger partial charge in [0.15, 0.2) is 0 Å². The zero-order valence-corrected chi connectivity index (χ0v) is 15.0. The van der Waals surface area contributed by atoms with E-state index < -0.39 is 0 Å². The van der Waals surface area contributed by atoms with E-state index in [0.717, 1.165) is 32.7 Å². The molecule has 0 aliphatic rings. The maximum atomic E-state index is 8.72. The maximum absolute atomic E-state index is 8.72. The molecule has 3 aromatic rings. The fourth-order valence-corrected chi connectivity index (χ4v) is 2.91. The van der Waals surface area contributed by atoms with Crippen LogP contribution in [0.3, 0.4) is 0 Å². The van der Waals surface area contributed by atoms with Crippen LogP contribution in [0.4, 0.5) is 0 Å². The van der Waals surface area contributed by atoms with Crippen molar-refractivity contribution in [1.82, 2.24) is 0 Å². The average Bonchev–Trinajstić information content (AvgIpc) is 2.63. The molecule has 2 heteroatoms. The molecule has 0 spiro atoms. The van der Waals surface area contributed by atoms with Crippen LogP contribution >= 0.6 is 11.8 Å². The lowest BCUT2D eigenvalue weighted by atomic mass is 10.00. The third-order valence-electron chi connectivity index (χ3n) is 3.97. The maximum Gasteiger partial charge on any atom is 0.138 e. The van der Waals surface area contributed by atoms with Crippen molar-refractivity contribution in [2.75, 3.05) is 0 Å². The lowest BCUT2D eigenvalue weighted by Crippen LogP contribution is -1.85. The fraction of sp³-hybridized carbons (Fsp3) is 0.0870. The molecule has 0 N–H and O–H groups in total. The Bertz CT molecular complexity index is 981. The monoisotopic (exact) mass is 339 g/mol. The van der Waals surface area contributed by atoms with Crippen molar-refractivity contribution in [3.05, 3.63) is 89.0 Å². The SMILES string of the molecule is Cc1ccc(C#Cc2ccc(-c3ccc(SC#N)cc3)cc2C)cc1. The summed E-state index contributed by atoms with van der Waals surface area (Å²) in [5.74, 6) is 6.49. The van der Waals surface area contributed by atoms with E-state index in [1.54, 1.807) is 0 Å². The normalized spacial score (nSPS) is 9.80. The number of aryl methyl sites for hydroxylation is 2. The fourth-order valence-electron chi connectivity index (χ4n) is 2.53. The molecule has 0 aliphatic carbocycles. The van der Waals surface area contributed by atoms with Crippen molar-refractivity contribution in [3.63, 3.8) is 0 Å². The first-order chi connectivity index (χ1) is 12.2. The number of rotatable bonds is 2. The van der Waals surface area contributed by atoms with Crippen molar-refractivity contribution in [2.24, 2.45) is 0 Å². The topological polar surface area (TPSA) is 23.8 Å². The van der Waals surface area contributed by atoms with Crippen molar-refractivity contribution >= 4 is 11.8 Å². The van der Waals surface area contributed by atoms with Crippen LogP contribution in [-0.2, 0) is 0 Å². The molecule has 0 saturated carbocycles. The highest BCUT2D eigenvalue weighted by atomic mass is 32.2. The van der Waals surface area contributed by atoms with Crippen LogP contribution in [0.2, 0.25) is 0 Å². The van der Waals surface area contributed by atoms with Gasteiger partial charge in [-0.25, -0.2) is 0 Å². The van der Waals surface area contributed by atoms with Gasteiger partial charge in [-0.2, -0.15) is 5.26 Å². The summed E-state index contributed by atoms with van der Waals surface area (Å²) in [6.45, 7) is 4.16. The van der Waals surface area contributed by atoms with Crippen molar-refractivity contribution in [2.45, 2.75) is 18.7 Å². The predicted octanol–water partition coefficient (Wildman–Crippen LogP) is 5.94. The second kappa shape index (κ2) is 7.75. The molecule has 120 valence electrons. The van der Waals surface area contributed by atoms with Gasteiger partial charge in [0, 0.05) is 16.0 Å². The first-order valence-corrected chi connectivity index (χ1v) is 8.83. The van der Waals surface area contributed by atoms with Crippen LogP contribution in [0.25, 0.3) is 11.1 Å². The third kappa shape index (κ3) is 4.32. The molecule has 0 unspecified atom stereocenters. The second-order valence-electron chi connectivity index (χ2n) is 5.86. The van der Waals surface area contributed by atoms with Gasteiger partial charge in [0.1, 0.15) is 5.40 Å². The van der Waals surface area contributed by atoms with E-state index >= 15 is 0 Å². The van der Waals surface area contributed by atoms with E-state index in [2.05, 4.69) is 61.4 Å². The zero-order chi connectivity index (χ0) is 17.6. The van der Waals surface area contributed by atoms with Gasteiger partial charge in [-0.1, -0.05) is 53.8 Å². The Balaban J connectivity index is 1.84. The number of hydrogen-bond donors (Lipinski definition) is 0. The van der Waals surface area contributed by atoms with Crippen molar-refractivity contribution in [1.29, 1.82) is 5.26 Å².